The van der Waals surface area contributed by atoms with E-state index in [1.165, 1.54) is 12.3 Å². The third-order valence-electron chi connectivity index (χ3n) is 3.98. The number of aliphatic hydroxyl groups excluding tert-OH is 1. The Balaban J connectivity index is 1.62. The summed E-state index contributed by atoms with van der Waals surface area (Å²) in [6.07, 6.45) is 2.65. The molecule has 0 aliphatic carbocycles. The number of hydrogen-bond acceptors (Lipinski definition) is 4. The van der Waals surface area contributed by atoms with Gasteiger partial charge < -0.3 is 19.7 Å². The zero-order chi connectivity index (χ0) is 16.2. The molecule has 1 aliphatic heterocycles. The van der Waals surface area contributed by atoms with Gasteiger partial charge in [0.05, 0.1) is 18.5 Å². The van der Waals surface area contributed by atoms with Gasteiger partial charge in [-0.25, -0.2) is 4.39 Å². The minimum absolute atomic E-state index is 0.00183. The molecule has 0 saturated carbocycles. The molecule has 23 heavy (non-hydrogen) atoms. The molecule has 1 atom stereocenters. The number of aliphatic hydroxyl groups is 1. The summed E-state index contributed by atoms with van der Waals surface area (Å²) in [5.74, 6) is -0.450. The summed E-state index contributed by atoms with van der Waals surface area (Å²) >= 11 is 0. The fourth-order valence-corrected chi connectivity index (χ4v) is 2.74. The maximum Gasteiger partial charge on any atom is 0.251 e. The minimum atomic E-state index is -0.928. The first-order valence-corrected chi connectivity index (χ1v) is 7.69. The van der Waals surface area contributed by atoms with E-state index < -0.39 is 17.8 Å². The van der Waals surface area contributed by atoms with Crippen molar-refractivity contribution in [3.8, 4) is 0 Å². The molecule has 0 spiro atoms. The molecule has 2 heterocycles. The lowest BCUT2D eigenvalue weighted by Gasteiger charge is -2.18. The zero-order valence-corrected chi connectivity index (χ0v) is 12.7. The molecule has 1 aliphatic rings. The number of amides is 1. The van der Waals surface area contributed by atoms with Crippen molar-refractivity contribution in [3.05, 3.63) is 53.7 Å². The first-order chi connectivity index (χ1) is 11.1. The number of carbonyl (C=O) groups is 1. The van der Waals surface area contributed by atoms with E-state index in [0.717, 1.165) is 25.9 Å². The van der Waals surface area contributed by atoms with Crippen molar-refractivity contribution in [2.24, 2.45) is 0 Å². The number of halogens is 1. The van der Waals surface area contributed by atoms with E-state index >= 15 is 0 Å². The van der Waals surface area contributed by atoms with Crippen molar-refractivity contribution >= 4 is 11.6 Å². The molecule has 1 saturated heterocycles. The molecule has 1 unspecified atom stereocenters. The second kappa shape index (κ2) is 6.83. The third-order valence-corrected chi connectivity index (χ3v) is 3.98. The van der Waals surface area contributed by atoms with Crippen LogP contribution in [0.15, 0.2) is 41.0 Å². The van der Waals surface area contributed by atoms with E-state index in [4.69, 9.17) is 4.42 Å². The molecule has 1 aromatic carbocycles. The van der Waals surface area contributed by atoms with Crippen LogP contribution in [0.4, 0.5) is 10.1 Å². The Morgan fingerprint density at radius 2 is 2.13 bits per heavy atom. The molecular formula is C17H19FN2O3. The van der Waals surface area contributed by atoms with Crippen LogP contribution in [0, 0.1) is 5.82 Å². The molecule has 0 bridgehead atoms. The van der Waals surface area contributed by atoms with E-state index in [1.807, 2.05) is 4.90 Å². The zero-order valence-electron chi connectivity index (χ0n) is 12.7. The maximum absolute atomic E-state index is 14.2. The van der Waals surface area contributed by atoms with Crippen LogP contribution in [0.2, 0.25) is 0 Å². The molecule has 0 radical (unpaired) electrons. The van der Waals surface area contributed by atoms with Crippen molar-refractivity contribution in [2.45, 2.75) is 18.9 Å². The quantitative estimate of drug-likeness (QED) is 0.889. The van der Waals surface area contributed by atoms with E-state index in [2.05, 4.69) is 5.32 Å². The van der Waals surface area contributed by atoms with Gasteiger partial charge in [0.1, 0.15) is 17.7 Å². The van der Waals surface area contributed by atoms with Crippen molar-refractivity contribution in [3.63, 3.8) is 0 Å². The van der Waals surface area contributed by atoms with Crippen LogP contribution in [0.25, 0.3) is 0 Å². The molecular weight excluding hydrogens is 299 g/mol. The Morgan fingerprint density at radius 1 is 1.35 bits per heavy atom. The molecule has 2 N–H and O–H groups in total. The molecule has 122 valence electrons. The fraction of sp³-hybridized carbons (Fsp3) is 0.353. The lowest BCUT2D eigenvalue weighted by atomic mass is 10.1. The van der Waals surface area contributed by atoms with E-state index in [0.29, 0.717) is 11.4 Å². The second-order valence-corrected chi connectivity index (χ2v) is 5.60. The topological polar surface area (TPSA) is 65.7 Å². The van der Waals surface area contributed by atoms with Gasteiger partial charge in [0.15, 0.2) is 0 Å². The van der Waals surface area contributed by atoms with Crippen LogP contribution < -0.4 is 10.2 Å². The Kier molecular flexibility index (Phi) is 4.62. The minimum Gasteiger partial charge on any atom is -0.467 e. The van der Waals surface area contributed by atoms with Gasteiger partial charge >= 0.3 is 0 Å². The molecule has 5 nitrogen and oxygen atoms in total. The van der Waals surface area contributed by atoms with E-state index in [-0.39, 0.29) is 12.1 Å². The van der Waals surface area contributed by atoms with Crippen molar-refractivity contribution in [1.29, 1.82) is 0 Å². The monoisotopic (exact) mass is 318 g/mol. The number of anilines is 1. The van der Waals surface area contributed by atoms with Gasteiger partial charge in [0.2, 0.25) is 0 Å². The average molecular weight is 318 g/mol. The Morgan fingerprint density at radius 3 is 2.78 bits per heavy atom. The van der Waals surface area contributed by atoms with Gasteiger partial charge in [0.25, 0.3) is 5.91 Å². The fourth-order valence-electron chi connectivity index (χ4n) is 2.74. The van der Waals surface area contributed by atoms with Crippen molar-refractivity contribution < 1.29 is 18.7 Å². The molecule has 1 fully saturated rings. The molecule has 6 heteroatoms. The van der Waals surface area contributed by atoms with Crippen LogP contribution >= 0.6 is 0 Å². The van der Waals surface area contributed by atoms with Crippen molar-refractivity contribution in [2.75, 3.05) is 24.5 Å². The van der Waals surface area contributed by atoms with Crippen LogP contribution in [-0.4, -0.2) is 30.6 Å². The van der Waals surface area contributed by atoms with Gasteiger partial charge in [-0.15, -0.1) is 0 Å². The van der Waals surface area contributed by atoms with Gasteiger partial charge in [-0.1, -0.05) is 0 Å². The first-order valence-electron chi connectivity index (χ1n) is 7.69. The second-order valence-electron chi connectivity index (χ2n) is 5.60. The predicted molar refractivity (Wildman–Crippen MR) is 83.8 cm³/mol. The highest BCUT2D eigenvalue weighted by Crippen LogP contribution is 2.24. The first kappa shape index (κ1) is 15.6. The highest BCUT2D eigenvalue weighted by Gasteiger charge is 2.18. The van der Waals surface area contributed by atoms with Gasteiger partial charge in [-0.3, -0.25) is 4.79 Å². The number of benzene rings is 1. The number of hydrogen-bond donors (Lipinski definition) is 2. The smallest absolute Gasteiger partial charge is 0.251 e. The number of nitrogens with zero attached hydrogens (tertiary/aromatic N) is 1. The maximum atomic E-state index is 14.2. The van der Waals surface area contributed by atoms with Gasteiger partial charge in [0, 0.05) is 18.7 Å². The number of rotatable bonds is 5. The van der Waals surface area contributed by atoms with Gasteiger partial charge in [-0.2, -0.15) is 0 Å². The number of nitrogens with one attached hydrogen (secondary N) is 1. The number of furan rings is 1. The standard InChI is InChI=1S/C17H19FN2O3/c18-13-10-12(5-6-14(13)20-7-1-2-8-20)17(22)19-11-15(21)16-4-3-9-23-16/h3-6,9-10,15,21H,1-2,7-8,11H2,(H,19,22). The molecule has 2 aromatic rings. The SMILES string of the molecule is O=C(NCC(O)c1ccco1)c1ccc(N2CCCC2)c(F)c1. The summed E-state index contributed by atoms with van der Waals surface area (Å²) in [5.41, 5.74) is 0.770. The van der Waals surface area contributed by atoms with Gasteiger partial charge in [-0.05, 0) is 43.2 Å². The number of carbonyl (C=O) groups excluding carboxylic acids is 1. The lowest BCUT2D eigenvalue weighted by Crippen LogP contribution is -2.28. The van der Waals surface area contributed by atoms with Crippen LogP contribution in [0.5, 0.6) is 0 Å². The summed E-state index contributed by atoms with van der Waals surface area (Å²) in [7, 11) is 0. The van der Waals surface area contributed by atoms with Crippen LogP contribution in [0.1, 0.15) is 35.1 Å². The summed E-state index contributed by atoms with van der Waals surface area (Å²) in [5, 5.41) is 12.4. The normalized spacial score (nSPS) is 15.7. The molecule has 3 rings (SSSR count). The molecule has 1 amide bonds. The Bertz CT molecular complexity index is 666. The highest BCUT2D eigenvalue weighted by atomic mass is 19.1. The van der Waals surface area contributed by atoms with Crippen LogP contribution in [-0.2, 0) is 0 Å². The largest absolute Gasteiger partial charge is 0.467 e. The third kappa shape index (κ3) is 3.53. The van der Waals surface area contributed by atoms with Crippen molar-refractivity contribution in [1.82, 2.24) is 5.32 Å². The van der Waals surface area contributed by atoms with E-state index in [9.17, 15) is 14.3 Å². The predicted octanol–water partition coefficient (Wildman–Crippen LogP) is 2.48. The Hall–Kier alpha value is -2.34. The summed E-state index contributed by atoms with van der Waals surface area (Å²) < 4.78 is 19.3. The average Bonchev–Trinajstić information content (AvgIpc) is 3.25. The van der Waals surface area contributed by atoms with E-state index in [1.54, 1.807) is 24.3 Å². The molecule has 1 aromatic heterocycles. The van der Waals surface area contributed by atoms with Crippen LogP contribution in [0.3, 0.4) is 0 Å². The lowest BCUT2D eigenvalue weighted by molar-refractivity contribution is 0.0900. The summed E-state index contributed by atoms with van der Waals surface area (Å²) in [6.45, 7) is 1.69. The summed E-state index contributed by atoms with van der Waals surface area (Å²) in [4.78, 5) is 14.1. The highest BCUT2D eigenvalue weighted by molar-refractivity contribution is 5.94. The Labute approximate surface area is 133 Å². The summed E-state index contributed by atoms with van der Waals surface area (Å²) in [6, 6.07) is 7.76.